The molecule has 4 rings (SSSR count). The highest BCUT2D eigenvalue weighted by atomic mass is 32.1. The van der Waals surface area contributed by atoms with E-state index in [2.05, 4.69) is 97.1 Å². The van der Waals surface area contributed by atoms with Crippen LogP contribution in [0.25, 0.3) is 10.8 Å². The highest BCUT2D eigenvalue weighted by molar-refractivity contribution is 7.81. The average molecular weight is 376 g/mol. The van der Waals surface area contributed by atoms with Gasteiger partial charge in [-0.05, 0) is 35.3 Å². The Morgan fingerprint density at radius 3 is 1.65 bits per heavy atom. The number of hydrogen-bond donors (Lipinski definition) is 2. The lowest BCUT2D eigenvalue weighted by molar-refractivity contribution is 0.399. The lowest BCUT2D eigenvalue weighted by Gasteiger charge is -2.21. The van der Waals surface area contributed by atoms with Gasteiger partial charge < -0.3 is 5.11 Å². The molecule has 0 amide bonds. The van der Waals surface area contributed by atoms with Gasteiger partial charge in [-0.3, -0.25) is 0 Å². The van der Waals surface area contributed by atoms with Crippen LogP contribution in [0.4, 0.5) is 0 Å². The molecule has 0 spiro atoms. The molecule has 26 heavy (non-hydrogen) atoms. The van der Waals surface area contributed by atoms with Crippen molar-refractivity contribution < 1.29 is 5.11 Å². The molecular weight excluding hydrogens is 355 g/mol. The Morgan fingerprint density at radius 1 is 0.615 bits per heavy atom. The zero-order valence-corrected chi connectivity index (χ0v) is 16.4. The maximum Gasteiger partial charge on any atom is 0.0319 e. The molecule has 4 aromatic rings. The summed E-state index contributed by atoms with van der Waals surface area (Å²) >= 11 is 4.75. The van der Waals surface area contributed by atoms with Crippen LogP contribution in [0.3, 0.4) is 0 Å². The SMILES string of the molecule is CO.Sc1cccc2cccc(P(c3ccccc3)c3ccccc3)c12. The van der Waals surface area contributed by atoms with Crippen LogP contribution in [-0.4, -0.2) is 12.2 Å². The fraction of sp³-hybridized carbons (Fsp3) is 0.0435. The Morgan fingerprint density at radius 2 is 1.12 bits per heavy atom. The quantitative estimate of drug-likeness (QED) is 0.399. The summed E-state index contributed by atoms with van der Waals surface area (Å²) in [6, 6.07) is 34.5. The van der Waals surface area contributed by atoms with E-state index in [-0.39, 0.29) is 0 Å². The molecule has 1 N–H and O–H groups in total. The highest BCUT2D eigenvalue weighted by Crippen LogP contribution is 2.37. The summed E-state index contributed by atoms with van der Waals surface area (Å²) in [6.07, 6.45) is 0. The Bertz CT molecular complexity index is 926. The van der Waals surface area contributed by atoms with E-state index in [1.54, 1.807) is 0 Å². The maximum atomic E-state index is 7.00. The second-order valence-corrected chi connectivity index (χ2v) is 8.33. The van der Waals surface area contributed by atoms with E-state index in [0.717, 1.165) is 12.0 Å². The molecule has 4 aromatic carbocycles. The third-order valence-electron chi connectivity index (χ3n) is 4.13. The van der Waals surface area contributed by atoms with Crippen molar-refractivity contribution in [2.45, 2.75) is 4.90 Å². The van der Waals surface area contributed by atoms with Gasteiger partial charge in [0.25, 0.3) is 0 Å². The third kappa shape index (κ3) is 3.83. The van der Waals surface area contributed by atoms with Gasteiger partial charge in [-0.2, -0.15) is 0 Å². The van der Waals surface area contributed by atoms with Crippen LogP contribution in [0.2, 0.25) is 0 Å². The molecule has 0 aliphatic rings. The summed E-state index contributed by atoms with van der Waals surface area (Å²) in [4.78, 5) is 1.04. The van der Waals surface area contributed by atoms with Gasteiger partial charge in [-0.15, -0.1) is 12.6 Å². The predicted molar refractivity (Wildman–Crippen MR) is 118 cm³/mol. The minimum absolute atomic E-state index is 0.611. The lowest BCUT2D eigenvalue weighted by Crippen LogP contribution is -2.21. The van der Waals surface area contributed by atoms with Gasteiger partial charge in [0, 0.05) is 17.4 Å². The van der Waals surface area contributed by atoms with Gasteiger partial charge in [-0.25, -0.2) is 0 Å². The topological polar surface area (TPSA) is 20.2 Å². The van der Waals surface area contributed by atoms with E-state index in [9.17, 15) is 0 Å². The van der Waals surface area contributed by atoms with Crippen molar-refractivity contribution >= 4 is 47.2 Å². The monoisotopic (exact) mass is 376 g/mol. The van der Waals surface area contributed by atoms with Crippen molar-refractivity contribution in [3.63, 3.8) is 0 Å². The zero-order valence-electron chi connectivity index (χ0n) is 14.6. The standard InChI is InChI=1S/C22H17PS.CH4O/c24-21-16-8-10-17-9-7-15-20(22(17)21)23(18-11-3-1-4-12-18)19-13-5-2-6-14-19;1-2/h1-16,24H;2H,1H3. The number of aliphatic hydroxyl groups is 1. The second kappa shape index (κ2) is 9.00. The van der Waals surface area contributed by atoms with Crippen LogP contribution in [-0.2, 0) is 0 Å². The molecule has 0 unspecified atom stereocenters. The van der Waals surface area contributed by atoms with Crippen LogP contribution in [0.15, 0.2) is 102 Å². The van der Waals surface area contributed by atoms with Gasteiger partial charge in [0.15, 0.2) is 0 Å². The molecule has 0 aliphatic heterocycles. The van der Waals surface area contributed by atoms with E-state index < -0.39 is 7.92 Å². The molecule has 0 bridgehead atoms. The Balaban J connectivity index is 0.000000948. The second-order valence-electron chi connectivity index (χ2n) is 5.66. The Labute approximate surface area is 161 Å². The smallest absolute Gasteiger partial charge is 0.0319 e. The Kier molecular flexibility index (Phi) is 6.46. The fourth-order valence-electron chi connectivity index (χ4n) is 3.07. The van der Waals surface area contributed by atoms with E-state index in [1.807, 2.05) is 0 Å². The molecule has 0 atom stereocenters. The van der Waals surface area contributed by atoms with Crippen molar-refractivity contribution in [2.75, 3.05) is 7.11 Å². The van der Waals surface area contributed by atoms with Crippen molar-refractivity contribution in [1.29, 1.82) is 0 Å². The molecular formula is C23H21OPS. The number of aliphatic hydroxyl groups excluding tert-OH is 1. The molecule has 1 nitrogen and oxygen atoms in total. The number of thiol groups is 1. The normalized spacial score (nSPS) is 10.5. The average Bonchev–Trinajstić information content (AvgIpc) is 2.72. The molecule has 0 saturated carbocycles. The number of rotatable bonds is 3. The maximum absolute atomic E-state index is 7.00. The molecule has 0 aliphatic carbocycles. The third-order valence-corrected chi connectivity index (χ3v) is 6.99. The largest absolute Gasteiger partial charge is 0.400 e. The summed E-state index contributed by atoms with van der Waals surface area (Å²) in [5, 5.41) is 13.6. The first kappa shape index (κ1) is 18.7. The van der Waals surface area contributed by atoms with E-state index in [1.165, 1.54) is 26.7 Å². The number of hydrogen-bond acceptors (Lipinski definition) is 2. The summed E-state index contributed by atoms with van der Waals surface area (Å²) in [5.41, 5.74) is 0. The van der Waals surface area contributed by atoms with Gasteiger partial charge in [0.1, 0.15) is 0 Å². The van der Waals surface area contributed by atoms with Gasteiger partial charge in [0.2, 0.25) is 0 Å². The lowest BCUT2D eigenvalue weighted by atomic mass is 10.1. The highest BCUT2D eigenvalue weighted by Gasteiger charge is 2.19. The number of fused-ring (bicyclic) bond motifs is 1. The van der Waals surface area contributed by atoms with Gasteiger partial charge in [-0.1, -0.05) is 91.0 Å². The molecule has 0 heterocycles. The number of benzene rings is 4. The molecule has 3 heteroatoms. The van der Waals surface area contributed by atoms with E-state index in [4.69, 9.17) is 17.7 Å². The molecule has 0 fully saturated rings. The van der Waals surface area contributed by atoms with Crippen molar-refractivity contribution in [3.05, 3.63) is 97.1 Å². The first-order chi connectivity index (χ1) is 12.8. The fourth-order valence-corrected chi connectivity index (χ4v) is 6.00. The summed E-state index contributed by atoms with van der Waals surface area (Å²) in [7, 11) is 0.389. The van der Waals surface area contributed by atoms with Gasteiger partial charge in [0.05, 0.1) is 0 Å². The minimum atomic E-state index is -0.611. The summed E-state index contributed by atoms with van der Waals surface area (Å²) in [5.74, 6) is 0. The summed E-state index contributed by atoms with van der Waals surface area (Å²) in [6.45, 7) is 0. The van der Waals surface area contributed by atoms with Crippen molar-refractivity contribution in [2.24, 2.45) is 0 Å². The molecule has 130 valence electrons. The van der Waals surface area contributed by atoms with E-state index in [0.29, 0.717) is 0 Å². The van der Waals surface area contributed by atoms with E-state index >= 15 is 0 Å². The van der Waals surface area contributed by atoms with Crippen molar-refractivity contribution in [1.82, 2.24) is 0 Å². The minimum Gasteiger partial charge on any atom is -0.400 e. The van der Waals surface area contributed by atoms with Crippen molar-refractivity contribution in [3.8, 4) is 0 Å². The van der Waals surface area contributed by atoms with Crippen LogP contribution in [0.5, 0.6) is 0 Å². The van der Waals surface area contributed by atoms with Crippen LogP contribution in [0, 0.1) is 0 Å². The van der Waals surface area contributed by atoms with Crippen LogP contribution in [0.1, 0.15) is 0 Å². The first-order valence-corrected chi connectivity index (χ1v) is 10.2. The molecule has 0 saturated heterocycles. The van der Waals surface area contributed by atoms with Gasteiger partial charge >= 0.3 is 0 Å². The van der Waals surface area contributed by atoms with Crippen LogP contribution >= 0.6 is 20.6 Å². The predicted octanol–water partition coefficient (Wildman–Crippen LogP) is 4.50. The summed E-state index contributed by atoms with van der Waals surface area (Å²) < 4.78 is 0. The zero-order chi connectivity index (χ0) is 18.4. The molecule has 0 aromatic heterocycles. The first-order valence-electron chi connectivity index (χ1n) is 8.40. The van der Waals surface area contributed by atoms with Crippen LogP contribution < -0.4 is 15.9 Å². The molecule has 0 radical (unpaired) electrons. The Hall–Kier alpha value is -2.12.